The second-order valence-corrected chi connectivity index (χ2v) is 9.15. The minimum atomic E-state index is -0.108. The van der Waals surface area contributed by atoms with Crippen molar-refractivity contribution in [1.82, 2.24) is 0 Å². The van der Waals surface area contributed by atoms with E-state index in [-0.39, 0.29) is 16.8 Å². The monoisotopic (exact) mass is 380 g/mol. The molecule has 1 atom stereocenters. The molecule has 0 bridgehead atoms. The van der Waals surface area contributed by atoms with Crippen LogP contribution in [-0.4, -0.2) is 12.2 Å². The van der Waals surface area contributed by atoms with Gasteiger partial charge in [-0.15, -0.1) is 0 Å². The maximum atomic E-state index is 14.1. The minimum Gasteiger partial charge on any atom is -0.375 e. The molecule has 2 aromatic carbocycles. The van der Waals surface area contributed by atoms with Crippen LogP contribution >= 0.6 is 0 Å². The quantitative estimate of drug-likeness (QED) is 0.495. The third-order valence-corrected chi connectivity index (χ3v) is 7.05. The van der Waals surface area contributed by atoms with Gasteiger partial charge in [0.2, 0.25) is 0 Å². The highest BCUT2D eigenvalue weighted by atomic mass is 19.1. The molecule has 1 saturated heterocycles. The van der Waals surface area contributed by atoms with Gasteiger partial charge in [-0.3, -0.25) is 0 Å². The van der Waals surface area contributed by atoms with Crippen LogP contribution in [0.3, 0.4) is 0 Å². The summed E-state index contributed by atoms with van der Waals surface area (Å²) in [6.07, 6.45) is 11.6. The fraction of sp³-hybridized carbons (Fsp3) is 0.538. The summed E-state index contributed by atoms with van der Waals surface area (Å²) in [7, 11) is 0. The van der Waals surface area contributed by atoms with Crippen molar-refractivity contribution in [2.75, 3.05) is 6.61 Å². The van der Waals surface area contributed by atoms with Crippen LogP contribution in [0.25, 0.3) is 0 Å². The molecule has 150 valence electrons. The topological polar surface area (TPSA) is 9.23 Å². The molecular weight excluding hydrogens is 347 g/mol. The predicted molar refractivity (Wildman–Crippen MR) is 113 cm³/mol. The summed E-state index contributed by atoms with van der Waals surface area (Å²) in [5.74, 6) is -0.108. The maximum absolute atomic E-state index is 14.1. The van der Waals surface area contributed by atoms with Gasteiger partial charge in [-0.1, -0.05) is 61.2 Å². The SMILES string of the molecule is Cc1cccc(CCCC[C@@]2(c3cccc(F)c3)CCOC3(CCCC3)C2)c1. The van der Waals surface area contributed by atoms with Crippen LogP contribution < -0.4 is 0 Å². The van der Waals surface area contributed by atoms with Gasteiger partial charge in [0.15, 0.2) is 0 Å². The van der Waals surface area contributed by atoms with Crippen molar-refractivity contribution in [3.05, 3.63) is 71.0 Å². The summed E-state index contributed by atoms with van der Waals surface area (Å²) in [6, 6.07) is 16.2. The Hall–Kier alpha value is -1.67. The third-order valence-electron chi connectivity index (χ3n) is 7.05. The Labute approximate surface area is 169 Å². The van der Waals surface area contributed by atoms with Crippen LogP contribution in [0.1, 0.15) is 74.5 Å². The van der Waals surface area contributed by atoms with Crippen molar-refractivity contribution in [1.29, 1.82) is 0 Å². The number of rotatable bonds is 6. The van der Waals surface area contributed by atoms with E-state index in [1.54, 1.807) is 12.1 Å². The first-order valence-electron chi connectivity index (χ1n) is 11.0. The normalized spacial score (nSPS) is 23.9. The summed E-state index contributed by atoms with van der Waals surface area (Å²) in [5, 5.41) is 0. The summed E-state index contributed by atoms with van der Waals surface area (Å²) in [4.78, 5) is 0. The lowest BCUT2D eigenvalue weighted by atomic mass is 9.65. The summed E-state index contributed by atoms with van der Waals surface area (Å²) in [5.41, 5.74) is 4.07. The van der Waals surface area contributed by atoms with Crippen molar-refractivity contribution in [3.63, 3.8) is 0 Å². The molecule has 4 rings (SSSR count). The van der Waals surface area contributed by atoms with Crippen molar-refractivity contribution < 1.29 is 9.13 Å². The smallest absolute Gasteiger partial charge is 0.123 e. The van der Waals surface area contributed by atoms with Crippen LogP contribution in [0.4, 0.5) is 4.39 Å². The molecule has 1 aliphatic heterocycles. The van der Waals surface area contributed by atoms with Crippen LogP contribution in [0.5, 0.6) is 0 Å². The molecule has 2 aliphatic rings. The molecule has 1 spiro atoms. The highest BCUT2D eigenvalue weighted by Crippen LogP contribution is 2.50. The van der Waals surface area contributed by atoms with E-state index >= 15 is 0 Å². The van der Waals surface area contributed by atoms with Gasteiger partial charge in [-0.05, 0) is 75.1 Å². The van der Waals surface area contributed by atoms with E-state index in [9.17, 15) is 4.39 Å². The van der Waals surface area contributed by atoms with Gasteiger partial charge in [0.1, 0.15) is 5.82 Å². The Morgan fingerprint density at radius 2 is 1.79 bits per heavy atom. The lowest BCUT2D eigenvalue weighted by molar-refractivity contribution is -0.104. The molecule has 1 nitrogen and oxygen atoms in total. The van der Waals surface area contributed by atoms with Crippen LogP contribution in [0, 0.1) is 12.7 Å². The summed E-state index contributed by atoms with van der Waals surface area (Å²) >= 11 is 0. The molecule has 1 saturated carbocycles. The third kappa shape index (κ3) is 4.33. The zero-order chi connectivity index (χ0) is 19.5. The number of hydrogen-bond acceptors (Lipinski definition) is 1. The Morgan fingerprint density at radius 1 is 0.964 bits per heavy atom. The predicted octanol–water partition coefficient (Wildman–Crippen LogP) is 6.91. The molecule has 0 unspecified atom stereocenters. The van der Waals surface area contributed by atoms with E-state index in [0.717, 1.165) is 32.3 Å². The van der Waals surface area contributed by atoms with Crippen molar-refractivity contribution in [2.24, 2.45) is 0 Å². The van der Waals surface area contributed by atoms with E-state index in [1.807, 2.05) is 6.07 Å². The van der Waals surface area contributed by atoms with Crippen molar-refractivity contribution >= 4 is 0 Å². The maximum Gasteiger partial charge on any atom is 0.123 e. The molecular formula is C26H33FO. The van der Waals surface area contributed by atoms with Gasteiger partial charge in [0.05, 0.1) is 5.60 Å². The minimum absolute atomic E-state index is 0.0428. The Kier molecular flexibility index (Phi) is 5.87. The number of halogens is 1. The molecule has 28 heavy (non-hydrogen) atoms. The van der Waals surface area contributed by atoms with E-state index in [1.165, 1.54) is 55.2 Å². The Balaban J connectivity index is 1.48. The molecule has 2 heteroatoms. The number of benzene rings is 2. The van der Waals surface area contributed by atoms with Crippen molar-refractivity contribution in [2.45, 2.75) is 82.1 Å². The lowest BCUT2D eigenvalue weighted by Crippen LogP contribution is -2.46. The standard InChI is InChI=1S/C26H33FO/c1-21-8-6-10-22(18-21)9-2-3-13-25(23-11-7-12-24(27)19-23)16-17-28-26(20-25)14-4-5-15-26/h6-8,10-12,18-19H,2-5,9,13-17,20H2,1H3/t25-/m1/s1. The van der Waals surface area contributed by atoms with E-state index < -0.39 is 0 Å². The molecule has 2 aromatic rings. The second kappa shape index (κ2) is 8.37. The van der Waals surface area contributed by atoms with E-state index in [2.05, 4.69) is 37.3 Å². The number of aryl methyl sites for hydroxylation is 2. The first kappa shape index (κ1) is 19.6. The highest BCUT2D eigenvalue weighted by Gasteiger charge is 2.47. The first-order chi connectivity index (χ1) is 13.6. The molecule has 0 N–H and O–H groups in total. The molecule has 0 radical (unpaired) electrons. The highest BCUT2D eigenvalue weighted by molar-refractivity contribution is 5.28. The Morgan fingerprint density at radius 3 is 2.57 bits per heavy atom. The van der Waals surface area contributed by atoms with Crippen LogP contribution in [-0.2, 0) is 16.6 Å². The van der Waals surface area contributed by atoms with Crippen LogP contribution in [0.2, 0.25) is 0 Å². The van der Waals surface area contributed by atoms with Gasteiger partial charge >= 0.3 is 0 Å². The molecule has 1 heterocycles. The molecule has 2 fully saturated rings. The largest absolute Gasteiger partial charge is 0.375 e. The number of hydrogen-bond donors (Lipinski definition) is 0. The summed E-state index contributed by atoms with van der Waals surface area (Å²) in [6.45, 7) is 2.97. The lowest BCUT2D eigenvalue weighted by Gasteiger charge is -2.47. The zero-order valence-electron chi connectivity index (χ0n) is 17.2. The molecule has 0 aromatic heterocycles. The number of ether oxygens (including phenoxy) is 1. The van der Waals surface area contributed by atoms with E-state index in [0.29, 0.717) is 0 Å². The fourth-order valence-corrected chi connectivity index (χ4v) is 5.64. The Bertz CT molecular complexity index is 793. The zero-order valence-corrected chi connectivity index (χ0v) is 17.2. The van der Waals surface area contributed by atoms with E-state index in [4.69, 9.17) is 4.74 Å². The van der Waals surface area contributed by atoms with Gasteiger partial charge in [-0.25, -0.2) is 4.39 Å². The summed E-state index contributed by atoms with van der Waals surface area (Å²) < 4.78 is 20.4. The van der Waals surface area contributed by atoms with Crippen LogP contribution in [0.15, 0.2) is 48.5 Å². The molecule has 0 amide bonds. The van der Waals surface area contributed by atoms with Gasteiger partial charge in [0, 0.05) is 12.0 Å². The fourth-order valence-electron chi connectivity index (χ4n) is 5.64. The van der Waals surface area contributed by atoms with Crippen molar-refractivity contribution in [3.8, 4) is 0 Å². The average molecular weight is 381 g/mol. The first-order valence-corrected chi connectivity index (χ1v) is 11.0. The average Bonchev–Trinajstić information content (AvgIpc) is 3.13. The number of unbranched alkanes of at least 4 members (excludes halogenated alkanes) is 1. The van der Waals surface area contributed by atoms with Gasteiger partial charge in [-0.2, -0.15) is 0 Å². The second-order valence-electron chi connectivity index (χ2n) is 9.15. The molecule has 1 aliphatic carbocycles. The van der Waals surface area contributed by atoms with Gasteiger partial charge in [0.25, 0.3) is 0 Å². The van der Waals surface area contributed by atoms with Gasteiger partial charge < -0.3 is 4.74 Å².